The molecule has 33 heavy (non-hydrogen) atoms. The Labute approximate surface area is 203 Å². The van der Waals surface area contributed by atoms with Gasteiger partial charge in [-0.1, -0.05) is 23.2 Å². The van der Waals surface area contributed by atoms with E-state index in [2.05, 4.69) is 24.9 Å². The highest BCUT2D eigenvalue weighted by molar-refractivity contribution is 7.92. The van der Waals surface area contributed by atoms with Gasteiger partial charge in [-0.25, -0.2) is 13.4 Å². The molecule has 1 aliphatic rings. The average molecular weight is 508 g/mol. The SMILES string of the molecule is Cc1cc(Nc2ccc(NS(=O)(=O)c3cc(C)c(Cl)cc3Cl)cc2)nc(N2CCOCC2)n1. The maximum atomic E-state index is 12.8. The number of nitrogens with zero attached hydrogens (tertiary/aromatic N) is 3. The molecule has 0 aliphatic carbocycles. The lowest BCUT2D eigenvalue weighted by atomic mass is 10.2. The van der Waals surface area contributed by atoms with Crippen molar-refractivity contribution in [1.29, 1.82) is 0 Å². The van der Waals surface area contributed by atoms with Crippen LogP contribution >= 0.6 is 23.2 Å². The Morgan fingerprint density at radius 3 is 2.30 bits per heavy atom. The fourth-order valence-corrected chi connectivity index (χ4v) is 5.23. The van der Waals surface area contributed by atoms with E-state index < -0.39 is 10.0 Å². The summed E-state index contributed by atoms with van der Waals surface area (Å²) in [5.74, 6) is 1.31. The van der Waals surface area contributed by atoms with E-state index in [9.17, 15) is 8.42 Å². The third-order valence-electron chi connectivity index (χ3n) is 5.05. The lowest BCUT2D eigenvalue weighted by molar-refractivity contribution is 0.122. The second kappa shape index (κ2) is 9.72. The van der Waals surface area contributed by atoms with Crippen LogP contribution in [0.4, 0.5) is 23.1 Å². The highest BCUT2D eigenvalue weighted by Crippen LogP contribution is 2.30. The Morgan fingerprint density at radius 2 is 1.61 bits per heavy atom. The molecule has 4 rings (SSSR count). The number of aromatic nitrogens is 2. The summed E-state index contributed by atoms with van der Waals surface area (Å²) in [7, 11) is -3.88. The molecule has 0 saturated carbocycles. The number of nitrogens with one attached hydrogen (secondary N) is 2. The number of aryl methyl sites for hydroxylation is 2. The van der Waals surface area contributed by atoms with Gasteiger partial charge in [-0.3, -0.25) is 4.72 Å². The second-order valence-electron chi connectivity index (χ2n) is 7.63. The van der Waals surface area contributed by atoms with Crippen molar-refractivity contribution >= 4 is 56.4 Å². The first-order valence-corrected chi connectivity index (χ1v) is 12.5. The van der Waals surface area contributed by atoms with Crippen LogP contribution in [-0.4, -0.2) is 44.7 Å². The molecule has 2 aromatic carbocycles. The van der Waals surface area contributed by atoms with Crippen LogP contribution in [0.15, 0.2) is 47.4 Å². The topological polar surface area (TPSA) is 96.5 Å². The summed E-state index contributed by atoms with van der Waals surface area (Å²) in [5.41, 5.74) is 2.62. The van der Waals surface area contributed by atoms with Gasteiger partial charge >= 0.3 is 0 Å². The van der Waals surface area contributed by atoms with Gasteiger partial charge in [0.25, 0.3) is 10.0 Å². The summed E-state index contributed by atoms with van der Waals surface area (Å²) in [6.07, 6.45) is 0. The minimum atomic E-state index is -3.88. The molecule has 1 fully saturated rings. The number of benzene rings is 2. The monoisotopic (exact) mass is 507 g/mol. The molecule has 2 heterocycles. The van der Waals surface area contributed by atoms with Gasteiger partial charge in [-0.05, 0) is 55.8 Å². The van der Waals surface area contributed by atoms with Crippen molar-refractivity contribution in [2.75, 3.05) is 41.2 Å². The zero-order valence-corrected chi connectivity index (χ0v) is 20.4. The smallest absolute Gasteiger partial charge is 0.263 e. The van der Waals surface area contributed by atoms with E-state index in [4.69, 9.17) is 27.9 Å². The van der Waals surface area contributed by atoms with Crippen LogP contribution in [0.1, 0.15) is 11.3 Å². The fraction of sp³-hybridized carbons (Fsp3) is 0.273. The molecule has 0 spiro atoms. The van der Waals surface area contributed by atoms with Crippen molar-refractivity contribution in [1.82, 2.24) is 9.97 Å². The zero-order chi connectivity index (χ0) is 23.6. The Hall–Kier alpha value is -2.59. The first-order valence-electron chi connectivity index (χ1n) is 10.3. The minimum absolute atomic E-state index is 0.0274. The Bertz CT molecular complexity index is 1260. The number of ether oxygens (including phenoxy) is 1. The predicted octanol–water partition coefficient (Wildman–Crippen LogP) is 4.78. The van der Waals surface area contributed by atoms with E-state index in [1.54, 1.807) is 31.2 Å². The average Bonchev–Trinajstić information content (AvgIpc) is 2.77. The molecule has 0 radical (unpaired) electrons. The lowest BCUT2D eigenvalue weighted by Crippen LogP contribution is -2.37. The fourth-order valence-electron chi connectivity index (χ4n) is 3.34. The number of rotatable bonds is 6. The molecule has 1 aromatic heterocycles. The van der Waals surface area contributed by atoms with E-state index >= 15 is 0 Å². The Balaban J connectivity index is 1.49. The molecule has 0 amide bonds. The molecule has 0 bridgehead atoms. The second-order valence-corrected chi connectivity index (χ2v) is 10.1. The molecule has 11 heteroatoms. The van der Waals surface area contributed by atoms with Crippen LogP contribution in [0, 0.1) is 13.8 Å². The van der Waals surface area contributed by atoms with Gasteiger partial charge in [0.05, 0.1) is 18.2 Å². The summed E-state index contributed by atoms with van der Waals surface area (Å²) in [4.78, 5) is 11.2. The molecule has 0 unspecified atom stereocenters. The number of hydrogen-bond donors (Lipinski definition) is 2. The summed E-state index contributed by atoms with van der Waals surface area (Å²) >= 11 is 12.1. The van der Waals surface area contributed by atoms with Crippen LogP contribution in [0.25, 0.3) is 0 Å². The van der Waals surface area contributed by atoms with Gasteiger partial charge in [0.15, 0.2) is 0 Å². The maximum absolute atomic E-state index is 12.8. The largest absolute Gasteiger partial charge is 0.378 e. The summed E-state index contributed by atoms with van der Waals surface area (Å²) in [5, 5.41) is 3.72. The highest BCUT2D eigenvalue weighted by Gasteiger charge is 2.20. The minimum Gasteiger partial charge on any atom is -0.378 e. The first kappa shape index (κ1) is 23.6. The quantitative estimate of drug-likeness (QED) is 0.495. The molecule has 0 atom stereocenters. The zero-order valence-electron chi connectivity index (χ0n) is 18.1. The first-order chi connectivity index (χ1) is 15.7. The number of hydrogen-bond acceptors (Lipinski definition) is 7. The third kappa shape index (κ3) is 5.67. The molecular formula is C22H23Cl2N5O3S. The van der Waals surface area contributed by atoms with Crippen LogP contribution in [-0.2, 0) is 14.8 Å². The molecule has 1 saturated heterocycles. The summed E-state index contributed by atoms with van der Waals surface area (Å²) < 4.78 is 33.5. The van der Waals surface area contributed by atoms with E-state index in [0.29, 0.717) is 41.3 Å². The number of halogens is 2. The lowest BCUT2D eigenvalue weighted by Gasteiger charge is -2.27. The third-order valence-corrected chi connectivity index (χ3v) is 7.30. The van der Waals surface area contributed by atoms with E-state index in [-0.39, 0.29) is 9.92 Å². The van der Waals surface area contributed by atoms with Gasteiger partial charge in [0.1, 0.15) is 10.7 Å². The molecule has 174 valence electrons. The number of sulfonamides is 1. The van der Waals surface area contributed by atoms with Crippen LogP contribution in [0.5, 0.6) is 0 Å². The molecule has 3 aromatic rings. The van der Waals surface area contributed by atoms with E-state index in [0.717, 1.165) is 24.5 Å². The van der Waals surface area contributed by atoms with Crippen molar-refractivity contribution in [2.24, 2.45) is 0 Å². The van der Waals surface area contributed by atoms with Gasteiger partial charge in [-0.15, -0.1) is 0 Å². The normalized spacial score (nSPS) is 14.2. The van der Waals surface area contributed by atoms with E-state index in [1.807, 2.05) is 13.0 Å². The van der Waals surface area contributed by atoms with Crippen molar-refractivity contribution < 1.29 is 13.2 Å². The van der Waals surface area contributed by atoms with Crippen LogP contribution in [0.3, 0.4) is 0 Å². The van der Waals surface area contributed by atoms with Gasteiger partial charge in [0, 0.05) is 41.2 Å². The van der Waals surface area contributed by atoms with Crippen molar-refractivity contribution in [3.05, 3.63) is 63.8 Å². The Morgan fingerprint density at radius 1 is 0.939 bits per heavy atom. The van der Waals surface area contributed by atoms with E-state index in [1.165, 1.54) is 12.1 Å². The molecule has 2 N–H and O–H groups in total. The standard InChI is InChI=1S/C22H23Cl2N5O3S/c1-14-11-20(19(24)13-18(14)23)33(30,31)28-17-5-3-16(4-6-17)26-21-12-15(2)25-22(27-21)29-7-9-32-10-8-29/h3-6,11-13,28H,7-10H2,1-2H3,(H,25,26,27). The molecular weight excluding hydrogens is 485 g/mol. The predicted molar refractivity (Wildman–Crippen MR) is 132 cm³/mol. The number of anilines is 4. The molecule has 1 aliphatic heterocycles. The van der Waals surface area contributed by atoms with Crippen molar-refractivity contribution in [3.63, 3.8) is 0 Å². The van der Waals surface area contributed by atoms with Crippen LogP contribution in [0.2, 0.25) is 10.0 Å². The summed E-state index contributed by atoms with van der Waals surface area (Å²) in [6.45, 7) is 6.43. The molecule has 8 nitrogen and oxygen atoms in total. The van der Waals surface area contributed by atoms with Crippen molar-refractivity contribution in [2.45, 2.75) is 18.7 Å². The van der Waals surface area contributed by atoms with Gasteiger partial charge in [-0.2, -0.15) is 4.98 Å². The van der Waals surface area contributed by atoms with Gasteiger partial charge < -0.3 is 15.0 Å². The maximum Gasteiger partial charge on any atom is 0.263 e. The van der Waals surface area contributed by atoms with Gasteiger partial charge in [0.2, 0.25) is 5.95 Å². The van der Waals surface area contributed by atoms with Crippen molar-refractivity contribution in [3.8, 4) is 0 Å². The summed E-state index contributed by atoms with van der Waals surface area (Å²) in [6, 6.07) is 11.6. The highest BCUT2D eigenvalue weighted by atomic mass is 35.5. The number of morpholine rings is 1. The Kier molecular flexibility index (Phi) is 6.94. The van der Waals surface area contributed by atoms with Crippen LogP contribution < -0.4 is 14.9 Å².